The minimum Gasteiger partial charge on any atom is -0.0620 e. The molecule has 4 aromatic carbocycles. The molecule has 0 nitrogen and oxygen atoms in total. The first-order chi connectivity index (χ1) is 13.1. The highest BCUT2D eigenvalue weighted by Gasteiger charge is 2.07. The van der Waals surface area contributed by atoms with Crippen molar-refractivity contribution in [3.05, 3.63) is 108 Å². The van der Waals surface area contributed by atoms with Crippen molar-refractivity contribution < 1.29 is 0 Å². The molecule has 0 aromatic heterocycles. The predicted molar refractivity (Wildman–Crippen MR) is 117 cm³/mol. The minimum absolute atomic E-state index is 1.26. The lowest BCUT2D eigenvalue weighted by Crippen LogP contribution is -1.88. The average Bonchev–Trinajstić information content (AvgIpc) is 2.69. The van der Waals surface area contributed by atoms with Gasteiger partial charge in [0.15, 0.2) is 0 Å². The molecule has 132 valence electrons. The van der Waals surface area contributed by atoms with Crippen LogP contribution in [0.3, 0.4) is 0 Å². The topological polar surface area (TPSA) is 0 Å². The standard InChI is InChI=1S/C27H24/c1-19-11-13-22(14-12-19)23-8-6-9-24(18-23)25-15-16-27(21(3)17-25)26-10-5-4-7-20(26)2/h4-18H,1-3H3. The second-order valence-corrected chi connectivity index (χ2v) is 7.29. The van der Waals surface area contributed by atoms with Crippen LogP contribution < -0.4 is 0 Å². The Bertz CT molecular complexity index is 1090. The van der Waals surface area contributed by atoms with Gasteiger partial charge in [0.1, 0.15) is 0 Å². The molecule has 0 amide bonds. The van der Waals surface area contributed by atoms with Crippen molar-refractivity contribution in [1.82, 2.24) is 0 Å². The van der Waals surface area contributed by atoms with Gasteiger partial charge in [-0.2, -0.15) is 0 Å². The minimum atomic E-state index is 1.26. The summed E-state index contributed by atoms with van der Waals surface area (Å²) in [6.07, 6.45) is 0. The van der Waals surface area contributed by atoms with Crippen molar-refractivity contribution in [3.63, 3.8) is 0 Å². The molecule has 0 radical (unpaired) electrons. The molecule has 0 atom stereocenters. The number of aryl methyl sites for hydroxylation is 3. The summed E-state index contributed by atoms with van der Waals surface area (Å²) in [5.74, 6) is 0. The summed E-state index contributed by atoms with van der Waals surface area (Å²) >= 11 is 0. The van der Waals surface area contributed by atoms with Crippen LogP contribution in [0.15, 0.2) is 91.0 Å². The number of rotatable bonds is 3. The third kappa shape index (κ3) is 3.57. The van der Waals surface area contributed by atoms with Crippen molar-refractivity contribution in [2.45, 2.75) is 20.8 Å². The molecule has 0 heteroatoms. The van der Waals surface area contributed by atoms with E-state index in [4.69, 9.17) is 0 Å². The normalized spacial score (nSPS) is 10.8. The maximum absolute atomic E-state index is 2.30. The third-order valence-electron chi connectivity index (χ3n) is 5.24. The molecule has 0 saturated heterocycles. The van der Waals surface area contributed by atoms with Crippen LogP contribution in [0.2, 0.25) is 0 Å². The zero-order valence-electron chi connectivity index (χ0n) is 16.2. The largest absolute Gasteiger partial charge is 0.0620 e. The van der Waals surface area contributed by atoms with Crippen molar-refractivity contribution in [1.29, 1.82) is 0 Å². The van der Waals surface area contributed by atoms with Gasteiger partial charge in [-0.15, -0.1) is 0 Å². The molecule has 0 unspecified atom stereocenters. The summed E-state index contributed by atoms with van der Waals surface area (Å²) in [4.78, 5) is 0. The second-order valence-electron chi connectivity index (χ2n) is 7.29. The predicted octanol–water partition coefficient (Wildman–Crippen LogP) is 7.61. The van der Waals surface area contributed by atoms with Crippen LogP contribution in [0.25, 0.3) is 33.4 Å². The van der Waals surface area contributed by atoms with E-state index in [9.17, 15) is 0 Å². The summed E-state index contributed by atoms with van der Waals surface area (Å²) in [6, 6.07) is 32.9. The zero-order valence-corrected chi connectivity index (χ0v) is 16.2. The van der Waals surface area contributed by atoms with E-state index in [-0.39, 0.29) is 0 Å². The van der Waals surface area contributed by atoms with Crippen LogP contribution in [0.4, 0.5) is 0 Å². The van der Waals surface area contributed by atoms with Gasteiger partial charge in [-0.25, -0.2) is 0 Å². The Morgan fingerprint density at radius 2 is 1.00 bits per heavy atom. The van der Waals surface area contributed by atoms with Crippen molar-refractivity contribution >= 4 is 0 Å². The highest BCUT2D eigenvalue weighted by molar-refractivity contribution is 5.77. The summed E-state index contributed by atoms with van der Waals surface area (Å²) in [5, 5.41) is 0. The summed E-state index contributed by atoms with van der Waals surface area (Å²) < 4.78 is 0. The Hall–Kier alpha value is -3.12. The van der Waals surface area contributed by atoms with Crippen molar-refractivity contribution in [3.8, 4) is 33.4 Å². The fraction of sp³-hybridized carbons (Fsp3) is 0.111. The molecule has 27 heavy (non-hydrogen) atoms. The smallest absolute Gasteiger partial charge is 0.0152 e. The molecule has 0 saturated carbocycles. The van der Waals surface area contributed by atoms with Gasteiger partial charge in [0.25, 0.3) is 0 Å². The van der Waals surface area contributed by atoms with Gasteiger partial charge >= 0.3 is 0 Å². The number of benzene rings is 4. The lowest BCUT2D eigenvalue weighted by molar-refractivity contribution is 1.41. The molecule has 0 N–H and O–H groups in total. The molecular formula is C27H24. The number of hydrogen-bond acceptors (Lipinski definition) is 0. The first-order valence-corrected chi connectivity index (χ1v) is 9.46. The average molecular weight is 348 g/mol. The molecule has 0 heterocycles. The van der Waals surface area contributed by atoms with E-state index in [0.29, 0.717) is 0 Å². The van der Waals surface area contributed by atoms with Gasteiger partial charge in [0.05, 0.1) is 0 Å². The molecule has 4 aromatic rings. The van der Waals surface area contributed by atoms with Crippen LogP contribution in [0, 0.1) is 20.8 Å². The summed E-state index contributed by atoms with van der Waals surface area (Å²) in [7, 11) is 0. The molecule has 0 aliphatic rings. The Labute approximate surface area is 162 Å². The zero-order chi connectivity index (χ0) is 18.8. The van der Waals surface area contributed by atoms with E-state index in [1.807, 2.05) is 0 Å². The van der Waals surface area contributed by atoms with Gasteiger partial charge in [-0.1, -0.05) is 90.5 Å². The second kappa shape index (κ2) is 7.25. The molecule has 0 fully saturated rings. The van der Waals surface area contributed by atoms with Crippen LogP contribution in [-0.2, 0) is 0 Å². The maximum atomic E-state index is 2.30. The van der Waals surface area contributed by atoms with Gasteiger partial charge < -0.3 is 0 Å². The van der Waals surface area contributed by atoms with Crippen LogP contribution in [0.5, 0.6) is 0 Å². The van der Waals surface area contributed by atoms with E-state index in [2.05, 4.69) is 112 Å². The fourth-order valence-electron chi connectivity index (χ4n) is 3.64. The Morgan fingerprint density at radius 1 is 0.407 bits per heavy atom. The Kier molecular flexibility index (Phi) is 4.64. The summed E-state index contributed by atoms with van der Waals surface area (Å²) in [6.45, 7) is 6.50. The lowest BCUT2D eigenvalue weighted by Gasteiger charge is -2.12. The number of hydrogen-bond donors (Lipinski definition) is 0. The highest BCUT2D eigenvalue weighted by atomic mass is 14.1. The van der Waals surface area contributed by atoms with Gasteiger partial charge in [0.2, 0.25) is 0 Å². The third-order valence-corrected chi connectivity index (χ3v) is 5.24. The molecule has 0 aliphatic heterocycles. The molecule has 0 bridgehead atoms. The van der Waals surface area contributed by atoms with E-state index >= 15 is 0 Å². The lowest BCUT2D eigenvalue weighted by atomic mass is 9.92. The van der Waals surface area contributed by atoms with E-state index < -0.39 is 0 Å². The van der Waals surface area contributed by atoms with Gasteiger partial charge in [-0.05, 0) is 71.3 Å². The van der Waals surface area contributed by atoms with Gasteiger partial charge in [-0.3, -0.25) is 0 Å². The maximum Gasteiger partial charge on any atom is -0.0152 e. The molecule has 0 spiro atoms. The quantitative estimate of drug-likeness (QED) is 0.357. The molecule has 0 aliphatic carbocycles. The summed E-state index contributed by atoms with van der Waals surface area (Å²) in [5.41, 5.74) is 11.6. The SMILES string of the molecule is Cc1ccc(-c2cccc(-c3ccc(-c4ccccc4C)c(C)c3)c2)cc1. The van der Waals surface area contributed by atoms with E-state index in [1.54, 1.807) is 0 Å². The monoisotopic (exact) mass is 348 g/mol. The van der Waals surface area contributed by atoms with Gasteiger partial charge in [0, 0.05) is 0 Å². The van der Waals surface area contributed by atoms with Crippen LogP contribution in [-0.4, -0.2) is 0 Å². The van der Waals surface area contributed by atoms with Crippen LogP contribution in [0.1, 0.15) is 16.7 Å². The van der Waals surface area contributed by atoms with Crippen LogP contribution >= 0.6 is 0 Å². The van der Waals surface area contributed by atoms with E-state index in [0.717, 1.165) is 0 Å². The Morgan fingerprint density at radius 3 is 1.70 bits per heavy atom. The first-order valence-electron chi connectivity index (χ1n) is 9.46. The first kappa shape index (κ1) is 17.3. The van der Waals surface area contributed by atoms with Crippen molar-refractivity contribution in [2.75, 3.05) is 0 Å². The highest BCUT2D eigenvalue weighted by Crippen LogP contribution is 2.32. The van der Waals surface area contributed by atoms with Crippen molar-refractivity contribution in [2.24, 2.45) is 0 Å². The Balaban J connectivity index is 1.72. The fourth-order valence-corrected chi connectivity index (χ4v) is 3.64. The van der Waals surface area contributed by atoms with E-state index in [1.165, 1.54) is 50.1 Å². The molecular weight excluding hydrogens is 324 g/mol. The molecule has 4 rings (SSSR count).